The minimum absolute atomic E-state index is 0.387. The lowest BCUT2D eigenvalue weighted by atomic mass is 9.67. The third-order valence-corrected chi connectivity index (χ3v) is 8.54. The van der Waals surface area contributed by atoms with Crippen molar-refractivity contribution in [1.82, 2.24) is 0 Å². The Morgan fingerprint density at radius 1 is 0.514 bits per heavy atom. The molecule has 0 saturated heterocycles. The maximum absolute atomic E-state index is 9.58. The van der Waals surface area contributed by atoms with Crippen LogP contribution in [0.2, 0.25) is 0 Å². The van der Waals surface area contributed by atoms with Crippen molar-refractivity contribution in [2.24, 2.45) is 0 Å². The van der Waals surface area contributed by atoms with E-state index in [1.807, 2.05) is 23.9 Å². The van der Waals surface area contributed by atoms with Crippen LogP contribution in [0.25, 0.3) is 22.3 Å². The Hall–Kier alpha value is -3.57. The van der Waals surface area contributed by atoms with Gasteiger partial charge in [-0.1, -0.05) is 115 Å². The average molecular weight is 468 g/mol. The molecule has 0 fully saturated rings. The molecule has 1 spiro atoms. The van der Waals surface area contributed by atoms with Crippen LogP contribution in [0.4, 0.5) is 0 Å². The normalized spacial score (nSPS) is 14.1. The molecule has 35 heavy (non-hydrogen) atoms. The Labute approximate surface area is 209 Å². The highest BCUT2D eigenvalue weighted by Crippen LogP contribution is 2.63. The average Bonchev–Trinajstić information content (AvgIpc) is 3.20. The third kappa shape index (κ3) is 2.82. The van der Waals surface area contributed by atoms with Crippen molar-refractivity contribution < 1.29 is 10.0 Å². The highest BCUT2D eigenvalue weighted by Gasteiger charge is 2.50. The summed E-state index contributed by atoms with van der Waals surface area (Å²) in [7, 11) is -1.47. The molecule has 0 amide bonds. The summed E-state index contributed by atoms with van der Waals surface area (Å²) >= 11 is 1.85. The van der Waals surface area contributed by atoms with Crippen LogP contribution in [-0.4, -0.2) is 17.2 Å². The van der Waals surface area contributed by atoms with Gasteiger partial charge >= 0.3 is 7.12 Å². The molecule has 166 valence electrons. The predicted molar refractivity (Wildman–Crippen MR) is 143 cm³/mol. The van der Waals surface area contributed by atoms with Crippen molar-refractivity contribution >= 4 is 24.3 Å². The summed E-state index contributed by atoms with van der Waals surface area (Å²) in [6.07, 6.45) is 0. The Bertz CT molecular complexity index is 1560. The van der Waals surface area contributed by atoms with Crippen LogP contribution in [0, 0.1) is 0 Å². The molecule has 5 aromatic rings. The Kier molecular flexibility index (Phi) is 4.58. The van der Waals surface area contributed by atoms with Gasteiger partial charge in [-0.15, -0.1) is 0 Å². The molecule has 2 aliphatic rings. The highest BCUT2D eigenvalue weighted by atomic mass is 32.2. The van der Waals surface area contributed by atoms with E-state index in [2.05, 4.69) is 91.0 Å². The fourth-order valence-corrected chi connectivity index (χ4v) is 7.17. The van der Waals surface area contributed by atoms with Crippen LogP contribution in [0.3, 0.4) is 0 Å². The van der Waals surface area contributed by atoms with E-state index in [0.29, 0.717) is 5.46 Å². The zero-order chi connectivity index (χ0) is 23.6. The molecule has 0 bridgehead atoms. The number of hydrogen-bond donors (Lipinski definition) is 2. The number of rotatable bonds is 2. The molecule has 1 aliphatic heterocycles. The van der Waals surface area contributed by atoms with Crippen LogP contribution in [0.15, 0.2) is 125 Å². The third-order valence-electron chi connectivity index (χ3n) is 7.39. The van der Waals surface area contributed by atoms with Crippen LogP contribution in [-0.2, 0) is 5.41 Å². The van der Waals surface area contributed by atoms with Gasteiger partial charge in [0, 0.05) is 9.79 Å². The lowest BCUT2D eigenvalue weighted by Crippen LogP contribution is -2.31. The van der Waals surface area contributed by atoms with Crippen molar-refractivity contribution in [2.75, 3.05) is 0 Å². The number of benzene rings is 5. The SMILES string of the molecule is OB(O)c1ccc(-c2cccc3c2-c2ccccc2C32c3ccccc3Sc3ccccc32)cc1. The maximum atomic E-state index is 9.58. The van der Waals surface area contributed by atoms with Gasteiger partial charge in [0.1, 0.15) is 0 Å². The fourth-order valence-electron chi connectivity index (χ4n) is 5.98. The molecule has 1 heterocycles. The van der Waals surface area contributed by atoms with Gasteiger partial charge in [0.2, 0.25) is 0 Å². The van der Waals surface area contributed by atoms with Gasteiger partial charge in [-0.3, -0.25) is 0 Å². The zero-order valence-corrected chi connectivity index (χ0v) is 19.7. The standard InChI is InChI=1S/C31H21BO2S/c33-32(34)21-18-16-20(17-19-21)22-9-7-13-27-30(22)23-8-1-2-10-24(23)31(27)25-11-3-5-14-28(25)35-29-15-6-4-12-26(29)31/h1-19,33-34H. The minimum atomic E-state index is -1.47. The summed E-state index contributed by atoms with van der Waals surface area (Å²) in [5, 5.41) is 19.2. The smallest absolute Gasteiger partial charge is 0.423 e. The summed E-state index contributed by atoms with van der Waals surface area (Å²) < 4.78 is 0. The first-order valence-corrected chi connectivity index (χ1v) is 12.6. The van der Waals surface area contributed by atoms with E-state index in [4.69, 9.17) is 0 Å². The molecule has 0 atom stereocenters. The fraction of sp³-hybridized carbons (Fsp3) is 0.0323. The van der Waals surface area contributed by atoms with Crippen LogP contribution >= 0.6 is 11.8 Å². The summed E-state index contributed by atoms with van der Waals surface area (Å²) in [6.45, 7) is 0. The van der Waals surface area contributed by atoms with E-state index < -0.39 is 7.12 Å². The molecule has 4 heteroatoms. The van der Waals surface area contributed by atoms with E-state index in [1.54, 1.807) is 12.1 Å². The lowest BCUT2D eigenvalue weighted by Gasteiger charge is -2.39. The van der Waals surface area contributed by atoms with E-state index in [9.17, 15) is 10.0 Å². The Morgan fingerprint density at radius 3 is 1.71 bits per heavy atom. The van der Waals surface area contributed by atoms with Gasteiger partial charge in [0.05, 0.1) is 5.41 Å². The largest absolute Gasteiger partial charge is 0.488 e. The molecule has 2 N–H and O–H groups in total. The zero-order valence-electron chi connectivity index (χ0n) is 18.8. The van der Waals surface area contributed by atoms with Crippen molar-refractivity contribution in [1.29, 1.82) is 0 Å². The maximum Gasteiger partial charge on any atom is 0.488 e. The predicted octanol–water partition coefficient (Wildman–Crippen LogP) is 5.86. The van der Waals surface area contributed by atoms with Gasteiger partial charge in [-0.05, 0) is 62.1 Å². The molecule has 1 aliphatic carbocycles. The van der Waals surface area contributed by atoms with Crippen LogP contribution in [0.1, 0.15) is 22.3 Å². The summed E-state index contributed by atoms with van der Waals surface area (Å²) in [6, 6.07) is 40.6. The molecular formula is C31H21BO2S. The molecular weight excluding hydrogens is 447 g/mol. The number of fused-ring (bicyclic) bond motifs is 9. The molecule has 7 rings (SSSR count). The van der Waals surface area contributed by atoms with Crippen molar-refractivity contribution in [3.63, 3.8) is 0 Å². The van der Waals surface area contributed by atoms with Crippen LogP contribution in [0.5, 0.6) is 0 Å². The first-order valence-electron chi connectivity index (χ1n) is 11.8. The second-order valence-corrected chi connectivity index (χ2v) is 10.2. The molecule has 0 saturated carbocycles. The van der Waals surface area contributed by atoms with Gasteiger partial charge in [0.25, 0.3) is 0 Å². The van der Waals surface area contributed by atoms with Crippen molar-refractivity contribution in [3.8, 4) is 22.3 Å². The van der Waals surface area contributed by atoms with Crippen molar-refractivity contribution in [2.45, 2.75) is 15.2 Å². The van der Waals surface area contributed by atoms with E-state index in [1.165, 1.54) is 43.2 Å². The van der Waals surface area contributed by atoms with Gasteiger partial charge in [-0.25, -0.2) is 0 Å². The summed E-state index contributed by atoms with van der Waals surface area (Å²) in [5.41, 5.74) is 10.1. The second-order valence-electron chi connectivity index (χ2n) is 9.11. The van der Waals surface area contributed by atoms with E-state index in [0.717, 1.165) is 11.1 Å². The molecule has 2 nitrogen and oxygen atoms in total. The quantitative estimate of drug-likeness (QED) is 0.312. The van der Waals surface area contributed by atoms with Crippen molar-refractivity contribution in [3.05, 3.63) is 138 Å². The summed E-state index contributed by atoms with van der Waals surface area (Å²) in [5.74, 6) is 0. The van der Waals surface area contributed by atoms with Crippen LogP contribution < -0.4 is 5.46 Å². The number of hydrogen-bond acceptors (Lipinski definition) is 3. The second kappa shape index (κ2) is 7.72. The molecule has 0 aromatic heterocycles. The molecule has 0 unspecified atom stereocenters. The highest BCUT2D eigenvalue weighted by molar-refractivity contribution is 7.99. The van der Waals surface area contributed by atoms with E-state index >= 15 is 0 Å². The Balaban J connectivity index is 1.59. The topological polar surface area (TPSA) is 40.5 Å². The minimum Gasteiger partial charge on any atom is -0.423 e. The van der Waals surface area contributed by atoms with Gasteiger partial charge < -0.3 is 10.0 Å². The molecule has 5 aromatic carbocycles. The first kappa shape index (κ1) is 20.8. The first-order chi connectivity index (χ1) is 17.2. The van der Waals surface area contributed by atoms with E-state index in [-0.39, 0.29) is 5.41 Å². The van der Waals surface area contributed by atoms with Gasteiger partial charge in [0.15, 0.2) is 0 Å². The molecule has 0 radical (unpaired) electrons. The Morgan fingerprint density at radius 2 is 1.06 bits per heavy atom. The lowest BCUT2D eigenvalue weighted by molar-refractivity contribution is 0.426. The van der Waals surface area contributed by atoms with Gasteiger partial charge in [-0.2, -0.15) is 0 Å². The monoisotopic (exact) mass is 468 g/mol. The summed E-state index contributed by atoms with van der Waals surface area (Å²) in [4.78, 5) is 2.58.